The van der Waals surface area contributed by atoms with Gasteiger partial charge in [-0.2, -0.15) is 0 Å². The van der Waals surface area contributed by atoms with E-state index in [0.29, 0.717) is 0 Å². The Morgan fingerprint density at radius 1 is 1.12 bits per heavy atom. The van der Waals surface area contributed by atoms with Crippen LogP contribution in [-0.4, -0.2) is 26.8 Å². The first kappa shape index (κ1) is 13.1. The number of benzene rings is 1. The standard InChI is InChI=1S/C13H20FNO/c1-16-11-10-15-9-3-2-4-12-5-7-13(14)8-6-12/h5-8,15H,2-4,9-11H2,1H3. The van der Waals surface area contributed by atoms with Crippen LogP contribution in [0.15, 0.2) is 24.3 Å². The van der Waals surface area contributed by atoms with Crippen LogP contribution in [0.2, 0.25) is 0 Å². The molecule has 0 saturated carbocycles. The number of hydrogen-bond acceptors (Lipinski definition) is 2. The lowest BCUT2D eigenvalue weighted by Crippen LogP contribution is -2.20. The van der Waals surface area contributed by atoms with Crippen molar-refractivity contribution in [3.63, 3.8) is 0 Å². The maximum Gasteiger partial charge on any atom is 0.123 e. The third-order valence-corrected chi connectivity index (χ3v) is 2.47. The number of nitrogens with one attached hydrogen (secondary N) is 1. The minimum absolute atomic E-state index is 0.162. The van der Waals surface area contributed by atoms with Gasteiger partial charge in [0.15, 0.2) is 0 Å². The van der Waals surface area contributed by atoms with E-state index in [1.807, 2.05) is 12.1 Å². The molecule has 2 nitrogen and oxygen atoms in total. The van der Waals surface area contributed by atoms with Gasteiger partial charge in [0, 0.05) is 13.7 Å². The fourth-order valence-corrected chi connectivity index (χ4v) is 1.53. The molecule has 16 heavy (non-hydrogen) atoms. The van der Waals surface area contributed by atoms with E-state index in [-0.39, 0.29) is 5.82 Å². The molecule has 0 aliphatic rings. The summed E-state index contributed by atoms with van der Waals surface area (Å²) in [7, 11) is 1.70. The maximum atomic E-state index is 12.6. The molecule has 1 rings (SSSR count). The van der Waals surface area contributed by atoms with Gasteiger partial charge in [-0.3, -0.25) is 0 Å². The minimum Gasteiger partial charge on any atom is -0.383 e. The number of halogens is 1. The van der Waals surface area contributed by atoms with E-state index in [9.17, 15) is 4.39 Å². The normalized spacial score (nSPS) is 10.6. The smallest absolute Gasteiger partial charge is 0.123 e. The van der Waals surface area contributed by atoms with E-state index in [1.165, 1.54) is 17.7 Å². The van der Waals surface area contributed by atoms with Crippen LogP contribution in [-0.2, 0) is 11.2 Å². The van der Waals surface area contributed by atoms with Crippen LogP contribution in [0.4, 0.5) is 4.39 Å². The van der Waals surface area contributed by atoms with Crippen molar-refractivity contribution in [2.75, 3.05) is 26.8 Å². The average Bonchev–Trinajstić information content (AvgIpc) is 2.30. The lowest BCUT2D eigenvalue weighted by molar-refractivity contribution is 0.199. The predicted octanol–water partition coefficient (Wildman–Crippen LogP) is 2.38. The van der Waals surface area contributed by atoms with Crippen molar-refractivity contribution in [3.05, 3.63) is 35.6 Å². The number of unbranched alkanes of at least 4 members (excludes halogenated alkanes) is 1. The van der Waals surface area contributed by atoms with Crippen molar-refractivity contribution >= 4 is 0 Å². The Kier molecular flexibility index (Phi) is 6.77. The second kappa shape index (κ2) is 8.25. The monoisotopic (exact) mass is 225 g/mol. The zero-order valence-corrected chi connectivity index (χ0v) is 9.84. The molecule has 0 aromatic heterocycles. The highest BCUT2D eigenvalue weighted by Crippen LogP contribution is 2.06. The van der Waals surface area contributed by atoms with Crippen molar-refractivity contribution in [2.45, 2.75) is 19.3 Å². The molecule has 0 atom stereocenters. The number of aryl methyl sites for hydroxylation is 1. The van der Waals surface area contributed by atoms with Crippen LogP contribution < -0.4 is 5.32 Å². The molecule has 0 fully saturated rings. The number of hydrogen-bond donors (Lipinski definition) is 1. The van der Waals surface area contributed by atoms with Gasteiger partial charge in [-0.25, -0.2) is 4.39 Å². The molecule has 0 radical (unpaired) electrons. The molecular formula is C13H20FNO. The van der Waals surface area contributed by atoms with Crippen molar-refractivity contribution in [3.8, 4) is 0 Å². The molecule has 3 heteroatoms. The Morgan fingerprint density at radius 2 is 1.88 bits per heavy atom. The fraction of sp³-hybridized carbons (Fsp3) is 0.538. The zero-order valence-electron chi connectivity index (χ0n) is 9.84. The first-order valence-electron chi connectivity index (χ1n) is 5.77. The second-order valence-corrected chi connectivity index (χ2v) is 3.83. The largest absolute Gasteiger partial charge is 0.383 e. The third-order valence-electron chi connectivity index (χ3n) is 2.47. The van der Waals surface area contributed by atoms with Crippen LogP contribution in [0, 0.1) is 5.82 Å². The van der Waals surface area contributed by atoms with E-state index >= 15 is 0 Å². The van der Waals surface area contributed by atoms with E-state index in [0.717, 1.165) is 39.0 Å². The average molecular weight is 225 g/mol. The molecule has 0 spiro atoms. The lowest BCUT2D eigenvalue weighted by atomic mass is 10.1. The van der Waals surface area contributed by atoms with Gasteiger partial charge in [0.2, 0.25) is 0 Å². The van der Waals surface area contributed by atoms with Crippen LogP contribution in [0.3, 0.4) is 0 Å². The van der Waals surface area contributed by atoms with E-state index < -0.39 is 0 Å². The van der Waals surface area contributed by atoms with Crippen LogP contribution in [0.25, 0.3) is 0 Å². The molecule has 90 valence electrons. The van der Waals surface area contributed by atoms with Crippen molar-refractivity contribution < 1.29 is 9.13 Å². The Morgan fingerprint density at radius 3 is 2.56 bits per heavy atom. The molecule has 0 heterocycles. The molecule has 0 saturated heterocycles. The number of ether oxygens (including phenoxy) is 1. The summed E-state index contributed by atoms with van der Waals surface area (Å²) >= 11 is 0. The lowest BCUT2D eigenvalue weighted by Gasteiger charge is -2.04. The van der Waals surface area contributed by atoms with E-state index in [4.69, 9.17) is 4.74 Å². The van der Waals surface area contributed by atoms with Crippen molar-refractivity contribution in [1.82, 2.24) is 5.32 Å². The van der Waals surface area contributed by atoms with Crippen LogP contribution in [0.5, 0.6) is 0 Å². The Bertz CT molecular complexity index is 274. The summed E-state index contributed by atoms with van der Waals surface area (Å²) in [5.74, 6) is -0.162. The van der Waals surface area contributed by atoms with Gasteiger partial charge in [0.1, 0.15) is 5.82 Å². The SMILES string of the molecule is COCCNCCCCc1ccc(F)cc1. The van der Waals surface area contributed by atoms with Crippen LogP contribution >= 0.6 is 0 Å². The van der Waals surface area contributed by atoms with Crippen molar-refractivity contribution in [2.24, 2.45) is 0 Å². The van der Waals surface area contributed by atoms with Gasteiger partial charge >= 0.3 is 0 Å². The Hall–Kier alpha value is -0.930. The van der Waals surface area contributed by atoms with Gasteiger partial charge < -0.3 is 10.1 Å². The summed E-state index contributed by atoms with van der Waals surface area (Å²) in [6.45, 7) is 2.69. The van der Waals surface area contributed by atoms with Gasteiger partial charge in [-0.1, -0.05) is 12.1 Å². The highest BCUT2D eigenvalue weighted by atomic mass is 19.1. The van der Waals surface area contributed by atoms with Gasteiger partial charge in [-0.15, -0.1) is 0 Å². The predicted molar refractivity (Wildman–Crippen MR) is 64.1 cm³/mol. The third kappa shape index (κ3) is 5.83. The first-order valence-corrected chi connectivity index (χ1v) is 5.77. The summed E-state index contributed by atoms with van der Waals surface area (Å²) < 4.78 is 17.6. The van der Waals surface area contributed by atoms with Gasteiger partial charge in [0.25, 0.3) is 0 Å². The van der Waals surface area contributed by atoms with E-state index in [2.05, 4.69) is 5.32 Å². The first-order chi connectivity index (χ1) is 7.83. The van der Waals surface area contributed by atoms with E-state index in [1.54, 1.807) is 7.11 Å². The molecule has 0 amide bonds. The minimum atomic E-state index is -0.162. The second-order valence-electron chi connectivity index (χ2n) is 3.83. The summed E-state index contributed by atoms with van der Waals surface area (Å²) in [6, 6.07) is 6.75. The highest BCUT2D eigenvalue weighted by Gasteiger charge is 1.94. The molecule has 1 aromatic rings. The summed E-state index contributed by atoms with van der Waals surface area (Å²) in [4.78, 5) is 0. The summed E-state index contributed by atoms with van der Waals surface area (Å²) in [5, 5.41) is 3.30. The molecule has 0 unspecified atom stereocenters. The van der Waals surface area contributed by atoms with Crippen molar-refractivity contribution in [1.29, 1.82) is 0 Å². The summed E-state index contributed by atoms with van der Waals surface area (Å²) in [6.07, 6.45) is 3.29. The quantitative estimate of drug-likeness (QED) is 0.686. The van der Waals surface area contributed by atoms with Gasteiger partial charge in [-0.05, 0) is 43.5 Å². The zero-order chi connectivity index (χ0) is 11.6. The molecule has 1 aromatic carbocycles. The number of rotatable bonds is 8. The Balaban J connectivity index is 2.01. The maximum absolute atomic E-state index is 12.6. The molecule has 0 bridgehead atoms. The molecule has 0 aliphatic carbocycles. The molecular weight excluding hydrogens is 205 g/mol. The topological polar surface area (TPSA) is 21.3 Å². The molecule has 0 aliphatic heterocycles. The van der Waals surface area contributed by atoms with Crippen LogP contribution in [0.1, 0.15) is 18.4 Å². The molecule has 1 N–H and O–H groups in total. The summed E-state index contributed by atoms with van der Waals surface area (Å²) in [5.41, 5.74) is 1.21. The van der Waals surface area contributed by atoms with Gasteiger partial charge in [0.05, 0.1) is 6.61 Å². The number of methoxy groups -OCH3 is 1. The highest BCUT2D eigenvalue weighted by molar-refractivity contribution is 5.15. The Labute approximate surface area is 96.8 Å². The fourth-order valence-electron chi connectivity index (χ4n) is 1.53.